The fraction of sp³-hybridized carbons (Fsp3) is 0.364. The molecule has 78 valence electrons. The molecule has 0 aliphatic carbocycles. The first-order chi connectivity index (χ1) is 7.18. The van der Waals surface area contributed by atoms with Crippen LogP contribution in [-0.4, -0.2) is 20.0 Å². The second kappa shape index (κ2) is 3.81. The number of rotatable bonds is 2. The van der Waals surface area contributed by atoms with Gasteiger partial charge < -0.3 is 0 Å². The lowest BCUT2D eigenvalue weighted by Crippen LogP contribution is -1.99. The molecule has 15 heavy (non-hydrogen) atoms. The van der Waals surface area contributed by atoms with Crippen molar-refractivity contribution in [3.63, 3.8) is 0 Å². The molecule has 0 radical (unpaired) electrons. The van der Waals surface area contributed by atoms with E-state index in [0.717, 1.165) is 11.3 Å². The van der Waals surface area contributed by atoms with Gasteiger partial charge in [-0.3, -0.25) is 4.68 Å². The molecule has 0 bridgehead atoms. The molecule has 0 atom stereocenters. The highest BCUT2D eigenvalue weighted by Gasteiger charge is 2.09. The van der Waals surface area contributed by atoms with Crippen molar-refractivity contribution >= 4 is 0 Å². The molecule has 0 saturated carbocycles. The van der Waals surface area contributed by atoms with E-state index in [4.69, 9.17) is 0 Å². The molecule has 2 heterocycles. The topological polar surface area (TPSA) is 43.6 Å². The Morgan fingerprint density at radius 3 is 2.60 bits per heavy atom. The van der Waals surface area contributed by atoms with Crippen LogP contribution in [-0.2, 0) is 7.05 Å². The van der Waals surface area contributed by atoms with Gasteiger partial charge in [-0.05, 0) is 18.1 Å². The normalized spacial score (nSPS) is 10.9. The summed E-state index contributed by atoms with van der Waals surface area (Å²) in [4.78, 5) is 0. The van der Waals surface area contributed by atoms with Crippen molar-refractivity contribution in [2.45, 2.75) is 19.8 Å². The zero-order valence-electron chi connectivity index (χ0n) is 9.18. The van der Waals surface area contributed by atoms with Crippen LogP contribution in [0.5, 0.6) is 0 Å². The molecule has 0 unspecified atom stereocenters. The van der Waals surface area contributed by atoms with Gasteiger partial charge in [0.2, 0.25) is 0 Å². The molecule has 2 aromatic heterocycles. The van der Waals surface area contributed by atoms with Crippen LogP contribution in [0.2, 0.25) is 0 Å². The molecule has 0 N–H and O–H groups in total. The van der Waals surface area contributed by atoms with Crippen molar-refractivity contribution in [3.05, 3.63) is 30.2 Å². The Hall–Kier alpha value is -1.71. The first-order valence-electron chi connectivity index (χ1n) is 4.99. The van der Waals surface area contributed by atoms with Gasteiger partial charge in [0.05, 0.1) is 18.1 Å². The lowest BCUT2D eigenvalue weighted by Gasteiger charge is -2.02. The summed E-state index contributed by atoms with van der Waals surface area (Å²) in [6, 6.07) is 4.01. The highest BCUT2D eigenvalue weighted by Crippen LogP contribution is 2.21. The van der Waals surface area contributed by atoms with Crippen LogP contribution in [0.4, 0.5) is 0 Å². The number of nitrogens with zero attached hydrogens (tertiary/aromatic N) is 4. The second-order valence-corrected chi connectivity index (χ2v) is 3.86. The van der Waals surface area contributed by atoms with Crippen LogP contribution in [0.3, 0.4) is 0 Å². The van der Waals surface area contributed by atoms with Crippen LogP contribution < -0.4 is 0 Å². The molecule has 0 saturated heterocycles. The van der Waals surface area contributed by atoms with Crippen molar-refractivity contribution < 1.29 is 0 Å². The Morgan fingerprint density at radius 2 is 2.07 bits per heavy atom. The zero-order chi connectivity index (χ0) is 10.8. The molecule has 2 aromatic rings. The Morgan fingerprint density at radius 1 is 1.27 bits per heavy atom. The number of hydrogen-bond donors (Lipinski definition) is 0. The molecule has 4 heteroatoms. The Balaban J connectivity index is 2.43. The fourth-order valence-corrected chi connectivity index (χ4v) is 1.61. The lowest BCUT2D eigenvalue weighted by atomic mass is 10.1. The summed E-state index contributed by atoms with van der Waals surface area (Å²) < 4.78 is 1.92. The maximum Gasteiger partial charge on any atom is 0.0942 e. The van der Waals surface area contributed by atoms with Gasteiger partial charge in [-0.15, -0.1) is 0 Å². The lowest BCUT2D eigenvalue weighted by molar-refractivity contribution is 0.670. The standard InChI is InChI=1S/C11H14N4/c1-8(2)11-6-10(14-15(11)3)9-4-5-12-13-7-9/h4-8H,1-3H3. The third-order valence-electron chi connectivity index (χ3n) is 2.39. The van der Waals surface area contributed by atoms with E-state index in [1.165, 1.54) is 5.69 Å². The van der Waals surface area contributed by atoms with E-state index < -0.39 is 0 Å². The highest BCUT2D eigenvalue weighted by atomic mass is 15.3. The molecule has 0 aliphatic heterocycles. The summed E-state index contributed by atoms with van der Waals surface area (Å²) in [6.07, 6.45) is 3.41. The van der Waals surface area contributed by atoms with Gasteiger partial charge >= 0.3 is 0 Å². The van der Waals surface area contributed by atoms with Crippen LogP contribution in [0.15, 0.2) is 24.5 Å². The van der Waals surface area contributed by atoms with Crippen LogP contribution in [0, 0.1) is 0 Å². The average molecular weight is 202 g/mol. The van der Waals surface area contributed by atoms with Gasteiger partial charge in [-0.1, -0.05) is 13.8 Å². The third kappa shape index (κ3) is 1.88. The molecule has 0 amide bonds. The van der Waals surface area contributed by atoms with Gasteiger partial charge in [0.25, 0.3) is 0 Å². The van der Waals surface area contributed by atoms with Crippen LogP contribution in [0.1, 0.15) is 25.5 Å². The predicted molar refractivity (Wildman–Crippen MR) is 58.3 cm³/mol. The summed E-state index contributed by atoms with van der Waals surface area (Å²) in [6.45, 7) is 4.32. The molecule has 0 aliphatic rings. The van der Waals surface area contributed by atoms with Crippen molar-refractivity contribution in [1.82, 2.24) is 20.0 Å². The average Bonchev–Trinajstić information content (AvgIpc) is 2.62. The van der Waals surface area contributed by atoms with Gasteiger partial charge in [-0.2, -0.15) is 15.3 Å². The van der Waals surface area contributed by atoms with Crippen LogP contribution in [0.25, 0.3) is 11.3 Å². The Bertz CT molecular complexity index is 445. The minimum Gasteiger partial charge on any atom is -0.272 e. The second-order valence-electron chi connectivity index (χ2n) is 3.86. The highest BCUT2D eigenvalue weighted by molar-refractivity contribution is 5.57. The van der Waals surface area contributed by atoms with Crippen molar-refractivity contribution in [1.29, 1.82) is 0 Å². The number of hydrogen-bond acceptors (Lipinski definition) is 3. The predicted octanol–water partition coefficient (Wildman–Crippen LogP) is 2.00. The molecular formula is C11H14N4. The maximum atomic E-state index is 4.45. The van der Waals surface area contributed by atoms with Gasteiger partial charge in [0.1, 0.15) is 0 Å². The fourth-order valence-electron chi connectivity index (χ4n) is 1.61. The van der Waals surface area contributed by atoms with Gasteiger partial charge in [-0.25, -0.2) is 0 Å². The summed E-state index contributed by atoms with van der Waals surface area (Å²) in [5, 5.41) is 12.0. The van der Waals surface area contributed by atoms with Crippen molar-refractivity contribution in [3.8, 4) is 11.3 Å². The summed E-state index contributed by atoms with van der Waals surface area (Å²) in [7, 11) is 1.97. The Kier molecular flexibility index (Phi) is 2.49. The molecule has 0 fully saturated rings. The molecule has 0 aromatic carbocycles. The molecule has 4 nitrogen and oxygen atoms in total. The third-order valence-corrected chi connectivity index (χ3v) is 2.39. The summed E-state index contributed by atoms with van der Waals surface area (Å²) in [5.74, 6) is 0.478. The smallest absolute Gasteiger partial charge is 0.0942 e. The summed E-state index contributed by atoms with van der Waals surface area (Å²) >= 11 is 0. The zero-order valence-corrected chi connectivity index (χ0v) is 9.18. The maximum absolute atomic E-state index is 4.45. The quantitative estimate of drug-likeness (QED) is 0.748. The van der Waals surface area contributed by atoms with E-state index in [0.29, 0.717) is 5.92 Å². The number of aromatic nitrogens is 4. The minimum absolute atomic E-state index is 0.478. The van der Waals surface area contributed by atoms with E-state index in [1.54, 1.807) is 12.4 Å². The number of aryl methyl sites for hydroxylation is 1. The molecular weight excluding hydrogens is 188 g/mol. The van der Waals surface area contributed by atoms with E-state index in [2.05, 4.69) is 35.2 Å². The van der Waals surface area contributed by atoms with Crippen LogP contribution >= 0.6 is 0 Å². The monoisotopic (exact) mass is 202 g/mol. The van der Waals surface area contributed by atoms with E-state index in [9.17, 15) is 0 Å². The van der Waals surface area contributed by atoms with E-state index in [-0.39, 0.29) is 0 Å². The van der Waals surface area contributed by atoms with E-state index in [1.807, 2.05) is 17.8 Å². The largest absolute Gasteiger partial charge is 0.272 e. The summed E-state index contributed by atoms with van der Waals surface area (Å²) in [5.41, 5.74) is 3.19. The first-order valence-corrected chi connectivity index (χ1v) is 4.99. The van der Waals surface area contributed by atoms with Gasteiger partial charge in [0.15, 0.2) is 0 Å². The van der Waals surface area contributed by atoms with Crippen molar-refractivity contribution in [2.75, 3.05) is 0 Å². The first kappa shape index (κ1) is 9.83. The molecule has 0 spiro atoms. The molecule has 2 rings (SSSR count). The SMILES string of the molecule is CC(C)c1cc(-c2ccnnc2)nn1C. The minimum atomic E-state index is 0.478. The van der Waals surface area contributed by atoms with Crippen molar-refractivity contribution in [2.24, 2.45) is 7.05 Å². The Labute approximate surface area is 89.0 Å². The van der Waals surface area contributed by atoms with E-state index >= 15 is 0 Å². The van der Waals surface area contributed by atoms with Gasteiger partial charge in [0, 0.05) is 18.3 Å².